The van der Waals surface area contributed by atoms with Crippen molar-refractivity contribution >= 4 is 17.9 Å². The van der Waals surface area contributed by atoms with E-state index in [4.69, 9.17) is 21.2 Å². The predicted molar refractivity (Wildman–Crippen MR) is 148 cm³/mol. The first-order valence-corrected chi connectivity index (χ1v) is 14.6. The molecule has 3 heterocycles. The summed E-state index contributed by atoms with van der Waals surface area (Å²) in [6.45, 7) is 5.42. The lowest BCUT2D eigenvalue weighted by molar-refractivity contribution is -0.139. The van der Waals surface area contributed by atoms with Gasteiger partial charge in [0.15, 0.2) is 11.9 Å². The summed E-state index contributed by atoms with van der Waals surface area (Å²) in [5, 5.41) is 3.77. The van der Waals surface area contributed by atoms with Gasteiger partial charge in [-0.15, -0.1) is 0 Å². The number of nitrogens with two attached hydrogens (primary N) is 2. The molecule has 3 aliphatic heterocycles. The van der Waals surface area contributed by atoms with Crippen molar-refractivity contribution in [1.82, 2.24) is 10.2 Å². The first kappa shape index (κ1) is 28.3. The smallest absolute Gasteiger partial charge is 0.337 e. The fraction of sp³-hybridized carbons (Fsp3) is 0.821. The molecule has 2 saturated heterocycles. The van der Waals surface area contributed by atoms with Gasteiger partial charge in [0.2, 0.25) is 0 Å². The van der Waals surface area contributed by atoms with Crippen LogP contribution in [-0.2, 0) is 9.53 Å². The number of carbonyl (C=O) groups excluding carboxylic acids is 1. The maximum atomic E-state index is 13.3. The number of hydrogen-bond acceptors (Lipinski definition) is 6. The van der Waals surface area contributed by atoms with Crippen LogP contribution >= 0.6 is 0 Å². The van der Waals surface area contributed by atoms with Crippen LogP contribution in [0.15, 0.2) is 21.3 Å². The molecule has 0 aliphatic carbocycles. The van der Waals surface area contributed by atoms with Gasteiger partial charge in [-0.05, 0) is 44.9 Å². The third kappa shape index (κ3) is 8.13. The first-order valence-electron chi connectivity index (χ1n) is 14.6. The summed E-state index contributed by atoms with van der Waals surface area (Å²) in [7, 11) is 0. The van der Waals surface area contributed by atoms with Crippen LogP contribution in [0, 0.1) is 0 Å². The Morgan fingerprint density at radius 3 is 2.53 bits per heavy atom. The summed E-state index contributed by atoms with van der Waals surface area (Å²) < 4.78 is 5.75. The highest BCUT2D eigenvalue weighted by atomic mass is 16.5. The van der Waals surface area contributed by atoms with Gasteiger partial charge < -0.3 is 26.4 Å². The zero-order valence-corrected chi connectivity index (χ0v) is 22.8. The first-order chi connectivity index (χ1) is 17.5. The Morgan fingerprint density at radius 1 is 1.03 bits per heavy atom. The van der Waals surface area contributed by atoms with E-state index in [1.165, 1.54) is 44.9 Å². The molecule has 204 valence electrons. The number of aliphatic imine (C=N–C) groups is 2. The standard InChI is InChI=1S/C28H50N6O2/c1-3-5-7-8-9-11-14-21-20-22-16-17-24-25(26(35)36-19-13-12-18-31-27(29)30)23(15-10-6-4-2)33-28(32-21)34(22)24/h21-23H,3-20H2,1-2H3,(H,32,33)(H4,29,30,31). The summed E-state index contributed by atoms with van der Waals surface area (Å²) in [4.78, 5) is 24.8. The van der Waals surface area contributed by atoms with Crippen LogP contribution in [0.25, 0.3) is 0 Å². The molecule has 8 heteroatoms. The number of ether oxygens (including phenoxy) is 1. The third-order valence-electron chi connectivity index (χ3n) is 7.70. The Kier molecular flexibility index (Phi) is 11.9. The van der Waals surface area contributed by atoms with Crippen molar-refractivity contribution in [2.75, 3.05) is 13.2 Å². The molecular formula is C28H50N6O2. The largest absolute Gasteiger partial charge is 0.462 e. The van der Waals surface area contributed by atoms with E-state index in [0.717, 1.165) is 75.0 Å². The van der Waals surface area contributed by atoms with Gasteiger partial charge in [-0.1, -0.05) is 71.6 Å². The highest BCUT2D eigenvalue weighted by Gasteiger charge is 2.44. The highest BCUT2D eigenvalue weighted by Crippen LogP contribution is 2.40. The van der Waals surface area contributed by atoms with Crippen molar-refractivity contribution in [1.29, 1.82) is 0 Å². The minimum Gasteiger partial charge on any atom is -0.462 e. The average Bonchev–Trinajstić information content (AvgIpc) is 3.28. The number of guanidine groups is 2. The van der Waals surface area contributed by atoms with Crippen LogP contribution in [0.4, 0.5) is 0 Å². The van der Waals surface area contributed by atoms with E-state index < -0.39 is 0 Å². The molecule has 0 radical (unpaired) electrons. The molecule has 36 heavy (non-hydrogen) atoms. The second-order valence-corrected chi connectivity index (χ2v) is 10.7. The van der Waals surface area contributed by atoms with Crippen LogP contribution in [0.5, 0.6) is 0 Å². The van der Waals surface area contributed by atoms with E-state index in [1.807, 2.05) is 0 Å². The summed E-state index contributed by atoms with van der Waals surface area (Å²) in [5.74, 6) is 0.917. The van der Waals surface area contributed by atoms with E-state index in [-0.39, 0.29) is 18.0 Å². The number of hydrogen-bond donors (Lipinski definition) is 3. The van der Waals surface area contributed by atoms with Gasteiger partial charge >= 0.3 is 5.97 Å². The number of esters is 1. The monoisotopic (exact) mass is 502 g/mol. The van der Waals surface area contributed by atoms with Gasteiger partial charge in [0, 0.05) is 24.3 Å². The topological polar surface area (TPSA) is 118 Å². The minimum absolute atomic E-state index is 0.102. The summed E-state index contributed by atoms with van der Waals surface area (Å²) >= 11 is 0. The molecule has 0 aromatic rings. The summed E-state index contributed by atoms with van der Waals surface area (Å²) in [5.41, 5.74) is 12.7. The summed E-state index contributed by atoms with van der Waals surface area (Å²) in [6.07, 6.45) is 18.2. The van der Waals surface area contributed by atoms with E-state index in [9.17, 15) is 4.79 Å². The Balaban J connectivity index is 1.61. The molecule has 3 aliphatic rings. The van der Waals surface area contributed by atoms with Crippen LogP contribution in [0.2, 0.25) is 0 Å². The van der Waals surface area contributed by atoms with Crippen molar-refractivity contribution < 1.29 is 9.53 Å². The fourth-order valence-electron chi connectivity index (χ4n) is 5.78. The molecule has 8 nitrogen and oxygen atoms in total. The average molecular weight is 503 g/mol. The Morgan fingerprint density at radius 2 is 1.75 bits per heavy atom. The molecule has 0 saturated carbocycles. The van der Waals surface area contributed by atoms with Crippen LogP contribution in [-0.4, -0.2) is 54.1 Å². The molecule has 0 amide bonds. The van der Waals surface area contributed by atoms with E-state index in [0.29, 0.717) is 25.2 Å². The Hall–Kier alpha value is -2.25. The van der Waals surface area contributed by atoms with E-state index in [1.54, 1.807) is 0 Å². The molecule has 0 aromatic carbocycles. The van der Waals surface area contributed by atoms with E-state index >= 15 is 0 Å². The molecule has 0 aromatic heterocycles. The van der Waals surface area contributed by atoms with Crippen LogP contribution < -0.4 is 16.8 Å². The minimum atomic E-state index is -0.189. The lowest BCUT2D eigenvalue weighted by Gasteiger charge is -2.42. The van der Waals surface area contributed by atoms with Crippen molar-refractivity contribution in [3.8, 4) is 0 Å². The molecule has 3 rings (SSSR count). The molecule has 0 bridgehead atoms. The summed E-state index contributed by atoms with van der Waals surface area (Å²) in [6, 6.07) is 0.834. The third-order valence-corrected chi connectivity index (χ3v) is 7.70. The fourth-order valence-corrected chi connectivity index (χ4v) is 5.78. The number of allylic oxidation sites excluding steroid dienone is 1. The quantitative estimate of drug-likeness (QED) is 0.114. The molecule has 5 N–H and O–H groups in total. The molecule has 3 atom stereocenters. The number of rotatable bonds is 17. The van der Waals surface area contributed by atoms with Crippen molar-refractivity contribution in [2.24, 2.45) is 21.5 Å². The molecular weight excluding hydrogens is 452 g/mol. The predicted octanol–water partition coefficient (Wildman–Crippen LogP) is 4.73. The van der Waals surface area contributed by atoms with Gasteiger partial charge in [0.1, 0.15) is 0 Å². The maximum Gasteiger partial charge on any atom is 0.337 e. The van der Waals surface area contributed by atoms with Crippen molar-refractivity contribution in [3.05, 3.63) is 11.3 Å². The molecule has 2 fully saturated rings. The van der Waals surface area contributed by atoms with Crippen LogP contribution in [0.1, 0.15) is 117 Å². The van der Waals surface area contributed by atoms with Crippen LogP contribution in [0.3, 0.4) is 0 Å². The van der Waals surface area contributed by atoms with Gasteiger partial charge in [0.05, 0.1) is 18.2 Å². The van der Waals surface area contributed by atoms with Crippen molar-refractivity contribution in [3.63, 3.8) is 0 Å². The lowest BCUT2D eigenvalue weighted by Crippen LogP contribution is -2.56. The van der Waals surface area contributed by atoms with Gasteiger partial charge in [-0.25, -0.2) is 9.79 Å². The van der Waals surface area contributed by atoms with Gasteiger partial charge in [0.25, 0.3) is 0 Å². The molecule has 0 spiro atoms. The van der Waals surface area contributed by atoms with E-state index in [2.05, 4.69) is 29.1 Å². The van der Waals surface area contributed by atoms with Gasteiger partial charge in [-0.3, -0.25) is 4.99 Å². The Bertz CT molecular complexity index is 789. The normalized spacial score (nSPS) is 22.7. The highest BCUT2D eigenvalue weighted by molar-refractivity contribution is 5.96. The maximum absolute atomic E-state index is 13.3. The van der Waals surface area contributed by atoms with Crippen molar-refractivity contribution in [2.45, 2.75) is 135 Å². The second kappa shape index (κ2) is 15.1. The zero-order valence-electron chi connectivity index (χ0n) is 22.8. The lowest BCUT2D eigenvalue weighted by atomic mass is 9.95. The Labute approximate surface area is 218 Å². The molecule has 3 unspecified atom stereocenters. The van der Waals surface area contributed by atoms with Gasteiger partial charge in [-0.2, -0.15) is 0 Å². The number of nitrogens with zero attached hydrogens (tertiary/aromatic N) is 3. The number of carbonyl (C=O) groups is 1. The SMILES string of the molecule is CCCCCCCCC1CC2CCC3=C(C(=O)OCCCCN=C(N)N)C(CCCCC)N=C(N1)N32. The second-order valence-electron chi connectivity index (χ2n) is 10.7. The number of nitrogens with one attached hydrogen (secondary N) is 1. The number of unbranched alkanes of at least 4 members (excludes halogenated alkanes) is 8. The zero-order chi connectivity index (χ0) is 25.8.